The number of nitrogens with zero attached hydrogens (tertiary/aromatic N) is 2. The molecule has 1 N–H and O–H groups in total. The molecule has 0 radical (unpaired) electrons. The Bertz CT molecular complexity index is 973. The predicted octanol–water partition coefficient (Wildman–Crippen LogP) is 4.54. The third kappa shape index (κ3) is 5.51. The van der Waals surface area contributed by atoms with Gasteiger partial charge in [0, 0.05) is 18.7 Å². The highest BCUT2D eigenvalue weighted by Gasteiger charge is 2.18. The molecule has 0 unspecified atom stereocenters. The van der Waals surface area contributed by atoms with Crippen LogP contribution in [0.15, 0.2) is 46.8 Å². The molecule has 0 bridgehead atoms. The van der Waals surface area contributed by atoms with E-state index in [-0.39, 0.29) is 18.9 Å². The summed E-state index contributed by atoms with van der Waals surface area (Å²) in [5.41, 5.74) is 0.422. The van der Waals surface area contributed by atoms with Crippen LogP contribution in [0.3, 0.4) is 0 Å². The number of halogens is 2. The SMILES string of the molecule is CCN(CC(=O)Nc1c(F)cccc1F)C(=O)CCSc1nc2ccccc2s1. The van der Waals surface area contributed by atoms with Gasteiger partial charge in [-0.05, 0) is 31.2 Å². The molecule has 152 valence electrons. The van der Waals surface area contributed by atoms with Crippen LogP contribution in [0.1, 0.15) is 13.3 Å². The molecule has 0 spiro atoms. The normalized spacial score (nSPS) is 10.9. The van der Waals surface area contributed by atoms with Gasteiger partial charge in [-0.15, -0.1) is 11.3 Å². The summed E-state index contributed by atoms with van der Waals surface area (Å²) >= 11 is 3.06. The molecule has 0 aliphatic rings. The van der Waals surface area contributed by atoms with Crippen molar-refractivity contribution in [2.75, 3.05) is 24.2 Å². The summed E-state index contributed by atoms with van der Waals surface area (Å²) in [6.45, 7) is 1.79. The van der Waals surface area contributed by atoms with Crippen LogP contribution in [0.25, 0.3) is 10.2 Å². The van der Waals surface area contributed by atoms with Crippen LogP contribution in [-0.2, 0) is 9.59 Å². The Morgan fingerprint density at radius 1 is 1.14 bits per heavy atom. The molecular weight excluding hydrogens is 416 g/mol. The molecule has 1 heterocycles. The van der Waals surface area contributed by atoms with Crippen molar-refractivity contribution in [3.8, 4) is 0 Å². The van der Waals surface area contributed by atoms with Crippen molar-refractivity contribution in [3.63, 3.8) is 0 Å². The number of carbonyl (C=O) groups excluding carboxylic acids is 2. The highest BCUT2D eigenvalue weighted by Crippen LogP contribution is 2.29. The Morgan fingerprint density at radius 2 is 1.86 bits per heavy atom. The maximum Gasteiger partial charge on any atom is 0.244 e. The van der Waals surface area contributed by atoms with Gasteiger partial charge in [-0.1, -0.05) is 30.0 Å². The van der Waals surface area contributed by atoms with Gasteiger partial charge in [-0.3, -0.25) is 9.59 Å². The minimum absolute atomic E-state index is 0.203. The van der Waals surface area contributed by atoms with Crippen LogP contribution in [0.2, 0.25) is 0 Å². The summed E-state index contributed by atoms with van der Waals surface area (Å²) in [5, 5.41) is 2.20. The lowest BCUT2D eigenvalue weighted by molar-refractivity contribution is -0.134. The number of hydrogen-bond donors (Lipinski definition) is 1. The zero-order valence-corrected chi connectivity index (χ0v) is 17.3. The lowest BCUT2D eigenvalue weighted by Gasteiger charge is -2.20. The average molecular weight is 436 g/mol. The van der Waals surface area contributed by atoms with Gasteiger partial charge in [0.1, 0.15) is 17.3 Å². The van der Waals surface area contributed by atoms with Crippen LogP contribution in [0, 0.1) is 11.6 Å². The topological polar surface area (TPSA) is 62.3 Å². The van der Waals surface area contributed by atoms with E-state index in [1.54, 1.807) is 18.3 Å². The standard InChI is InChI=1S/C20H19F2N3O2S2/c1-2-25(12-17(26)24-19-13(21)6-5-7-14(19)22)18(27)10-11-28-20-23-15-8-3-4-9-16(15)29-20/h3-9H,2,10-12H2,1H3,(H,24,26). The molecule has 0 saturated carbocycles. The van der Waals surface area contributed by atoms with Crippen LogP contribution < -0.4 is 5.32 Å². The lowest BCUT2D eigenvalue weighted by Crippen LogP contribution is -2.38. The van der Waals surface area contributed by atoms with Gasteiger partial charge in [0.2, 0.25) is 11.8 Å². The fourth-order valence-corrected chi connectivity index (χ4v) is 4.71. The molecule has 2 aromatic carbocycles. The van der Waals surface area contributed by atoms with Gasteiger partial charge in [-0.25, -0.2) is 13.8 Å². The number of benzene rings is 2. The molecule has 29 heavy (non-hydrogen) atoms. The van der Waals surface area contributed by atoms with E-state index in [0.717, 1.165) is 26.7 Å². The highest BCUT2D eigenvalue weighted by molar-refractivity contribution is 8.01. The Morgan fingerprint density at radius 3 is 2.55 bits per heavy atom. The van der Waals surface area contributed by atoms with E-state index in [4.69, 9.17) is 0 Å². The Hall–Kier alpha value is -2.52. The van der Waals surface area contributed by atoms with Crippen molar-refractivity contribution >= 4 is 50.8 Å². The first-order chi connectivity index (χ1) is 14.0. The maximum absolute atomic E-state index is 13.7. The zero-order chi connectivity index (χ0) is 20.8. The number of thiazole rings is 1. The lowest BCUT2D eigenvalue weighted by atomic mass is 10.3. The summed E-state index contributed by atoms with van der Waals surface area (Å²) in [6, 6.07) is 11.1. The summed E-state index contributed by atoms with van der Waals surface area (Å²) < 4.78 is 29.3. The Kier molecular flexibility index (Phi) is 7.16. The third-order valence-corrected chi connectivity index (χ3v) is 6.29. The number of nitrogens with one attached hydrogen (secondary N) is 1. The molecule has 0 atom stereocenters. The minimum Gasteiger partial charge on any atom is -0.334 e. The van der Waals surface area contributed by atoms with E-state index < -0.39 is 23.2 Å². The number of aromatic nitrogens is 1. The van der Waals surface area contributed by atoms with Crippen molar-refractivity contribution in [3.05, 3.63) is 54.1 Å². The Labute approximate surface area is 175 Å². The van der Waals surface area contributed by atoms with Gasteiger partial charge < -0.3 is 10.2 Å². The number of anilines is 1. The van der Waals surface area contributed by atoms with Crippen molar-refractivity contribution in [2.45, 2.75) is 17.7 Å². The number of fused-ring (bicyclic) bond motifs is 1. The molecule has 0 fully saturated rings. The first kappa shape index (κ1) is 21.2. The predicted molar refractivity (Wildman–Crippen MR) is 112 cm³/mol. The number of thioether (sulfide) groups is 1. The van der Waals surface area contributed by atoms with E-state index >= 15 is 0 Å². The summed E-state index contributed by atoms with van der Waals surface area (Å²) in [4.78, 5) is 30.4. The zero-order valence-electron chi connectivity index (χ0n) is 15.7. The van der Waals surface area contributed by atoms with Gasteiger partial charge >= 0.3 is 0 Å². The van der Waals surface area contributed by atoms with Crippen LogP contribution in [-0.4, -0.2) is 40.5 Å². The van der Waals surface area contributed by atoms with Crippen molar-refractivity contribution in [2.24, 2.45) is 0 Å². The fourth-order valence-electron chi connectivity index (χ4n) is 2.64. The molecular formula is C20H19F2N3O2S2. The van der Waals surface area contributed by atoms with E-state index in [1.165, 1.54) is 22.7 Å². The summed E-state index contributed by atoms with van der Waals surface area (Å²) in [5.74, 6) is -2.05. The molecule has 9 heteroatoms. The number of amides is 2. The quantitative estimate of drug-likeness (QED) is 0.528. The van der Waals surface area contributed by atoms with E-state index in [9.17, 15) is 18.4 Å². The van der Waals surface area contributed by atoms with Crippen molar-refractivity contribution < 1.29 is 18.4 Å². The second-order valence-electron chi connectivity index (χ2n) is 6.10. The summed E-state index contributed by atoms with van der Waals surface area (Å²) in [7, 11) is 0. The number of rotatable bonds is 8. The van der Waals surface area contributed by atoms with E-state index in [0.29, 0.717) is 12.3 Å². The molecule has 0 aliphatic heterocycles. The average Bonchev–Trinajstić information content (AvgIpc) is 3.11. The number of para-hydroxylation sites is 2. The molecule has 0 saturated heterocycles. The molecule has 2 amide bonds. The fraction of sp³-hybridized carbons (Fsp3) is 0.250. The van der Waals surface area contributed by atoms with Crippen LogP contribution in [0.5, 0.6) is 0 Å². The number of likely N-dealkylation sites (N-methyl/N-ethyl adjacent to an activating group) is 1. The highest BCUT2D eigenvalue weighted by atomic mass is 32.2. The smallest absolute Gasteiger partial charge is 0.244 e. The number of hydrogen-bond acceptors (Lipinski definition) is 5. The van der Waals surface area contributed by atoms with Gasteiger partial charge in [-0.2, -0.15) is 0 Å². The van der Waals surface area contributed by atoms with Crippen molar-refractivity contribution in [1.82, 2.24) is 9.88 Å². The molecule has 3 rings (SSSR count). The first-order valence-corrected chi connectivity index (χ1v) is 10.8. The minimum atomic E-state index is -0.861. The third-order valence-electron chi connectivity index (χ3n) is 4.11. The van der Waals surface area contributed by atoms with Gasteiger partial charge in [0.25, 0.3) is 0 Å². The van der Waals surface area contributed by atoms with Crippen LogP contribution >= 0.6 is 23.1 Å². The molecule has 0 aliphatic carbocycles. The number of carbonyl (C=O) groups is 2. The molecule has 3 aromatic rings. The second-order valence-corrected chi connectivity index (χ2v) is 8.47. The van der Waals surface area contributed by atoms with E-state index in [1.807, 2.05) is 24.3 Å². The van der Waals surface area contributed by atoms with E-state index in [2.05, 4.69) is 10.3 Å². The molecule has 5 nitrogen and oxygen atoms in total. The Balaban J connectivity index is 1.51. The maximum atomic E-state index is 13.7. The van der Waals surface area contributed by atoms with Crippen LogP contribution in [0.4, 0.5) is 14.5 Å². The largest absolute Gasteiger partial charge is 0.334 e. The van der Waals surface area contributed by atoms with Gasteiger partial charge in [0.05, 0.1) is 16.8 Å². The monoisotopic (exact) mass is 435 g/mol. The van der Waals surface area contributed by atoms with Gasteiger partial charge in [0.15, 0.2) is 4.34 Å². The second kappa shape index (κ2) is 9.80. The first-order valence-electron chi connectivity index (χ1n) is 8.98. The van der Waals surface area contributed by atoms with Crippen molar-refractivity contribution in [1.29, 1.82) is 0 Å². The molecule has 1 aromatic heterocycles. The summed E-state index contributed by atoms with van der Waals surface area (Å²) in [6.07, 6.45) is 0.232.